The van der Waals surface area contributed by atoms with E-state index in [9.17, 15) is 9.59 Å². The van der Waals surface area contributed by atoms with Crippen LogP contribution in [0.5, 0.6) is 0 Å². The summed E-state index contributed by atoms with van der Waals surface area (Å²) in [6.07, 6.45) is 2.11. The lowest BCUT2D eigenvalue weighted by molar-refractivity contribution is -0.147. The number of carbonyl (C=O) groups is 2. The number of benzene rings is 2. The molecule has 0 aliphatic carbocycles. The molecule has 0 aliphatic rings. The van der Waals surface area contributed by atoms with Gasteiger partial charge in [0.05, 0.1) is 22.5 Å². The van der Waals surface area contributed by atoms with Crippen LogP contribution in [0.3, 0.4) is 0 Å². The molecule has 7 heteroatoms. The fourth-order valence-corrected chi connectivity index (χ4v) is 3.36. The average Bonchev–Trinajstić information content (AvgIpc) is 2.79. The van der Waals surface area contributed by atoms with Gasteiger partial charge in [0, 0.05) is 35.8 Å². The second-order valence-electron chi connectivity index (χ2n) is 6.88. The van der Waals surface area contributed by atoms with Gasteiger partial charge in [-0.1, -0.05) is 54.6 Å². The highest BCUT2D eigenvalue weighted by molar-refractivity contribution is 6.12. The number of nitrogens with zero attached hydrogens (tertiary/aromatic N) is 2. The largest absolute Gasteiger partial charge is 0.437 e. The molecule has 4 aromatic rings. The normalized spacial score (nSPS) is 11.6. The lowest BCUT2D eigenvalue weighted by Gasteiger charge is -2.20. The average molecular weight is 412 g/mol. The minimum Gasteiger partial charge on any atom is -0.437 e. The van der Waals surface area contributed by atoms with Crippen molar-refractivity contribution in [2.24, 2.45) is 0 Å². The fraction of sp³-hybridized carbons (Fsp3) is 0.0833. The van der Waals surface area contributed by atoms with E-state index in [-0.39, 0.29) is 11.3 Å². The standard InChI is InChI=1S/C24H20N4O3/c1-15(29)31-24(17-10-7-13-26-14-17)28-23(30)20-18-11-5-6-12-19(18)27-22(21(20)25)16-8-3-2-4-9-16/h2-14,24H,25H2,1H3,(H,28,30). The maximum Gasteiger partial charge on any atom is 0.304 e. The maximum atomic E-state index is 13.4. The number of para-hydroxylation sites is 1. The summed E-state index contributed by atoms with van der Waals surface area (Å²) in [6.45, 7) is 1.28. The molecule has 0 bridgehead atoms. The quantitative estimate of drug-likeness (QED) is 0.381. The molecular formula is C24H20N4O3. The SMILES string of the molecule is CC(=O)OC(NC(=O)c1c(N)c(-c2ccccc2)nc2ccccc12)c1cccnc1. The van der Waals surface area contributed by atoms with Gasteiger partial charge in [-0.2, -0.15) is 0 Å². The summed E-state index contributed by atoms with van der Waals surface area (Å²) in [7, 11) is 0. The van der Waals surface area contributed by atoms with Crippen LogP contribution in [0.1, 0.15) is 29.1 Å². The summed E-state index contributed by atoms with van der Waals surface area (Å²) in [5.41, 5.74) is 9.44. The number of ether oxygens (including phenoxy) is 1. The first-order valence-electron chi connectivity index (χ1n) is 9.66. The number of aromatic nitrogens is 2. The van der Waals surface area contributed by atoms with E-state index in [0.29, 0.717) is 22.2 Å². The van der Waals surface area contributed by atoms with E-state index in [1.807, 2.05) is 48.5 Å². The number of pyridine rings is 2. The number of hydrogen-bond donors (Lipinski definition) is 2. The molecule has 7 nitrogen and oxygen atoms in total. The first-order valence-corrected chi connectivity index (χ1v) is 9.66. The third-order valence-corrected chi connectivity index (χ3v) is 4.74. The molecule has 0 saturated carbocycles. The van der Waals surface area contributed by atoms with E-state index in [1.54, 1.807) is 24.4 Å². The molecule has 0 spiro atoms. The molecule has 1 unspecified atom stereocenters. The van der Waals surface area contributed by atoms with Gasteiger partial charge in [0.1, 0.15) is 0 Å². The van der Waals surface area contributed by atoms with Crippen LogP contribution in [-0.4, -0.2) is 21.8 Å². The molecule has 154 valence electrons. The van der Waals surface area contributed by atoms with Gasteiger partial charge in [-0.15, -0.1) is 0 Å². The Morgan fingerprint density at radius 3 is 2.45 bits per heavy atom. The molecule has 0 saturated heterocycles. The first kappa shape index (κ1) is 20.0. The Morgan fingerprint density at radius 2 is 1.74 bits per heavy atom. The molecule has 0 aliphatic heterocycles. The van der Waals surface area contributed by atoms with Crippen molar-refractivity contribution in [3.8, 4) is 11.3 Å². The van der Waals surface area contributed by atoms with Crippen LogP contribution in [0.4, 0.5) is 5.69 Å². The zero-order chi connectivity index (χ0) is 21.8. The number of hydrogen-bond acceptors (Lipinski definition) is 6. The zero-order valence-electron chi connectivity index (χ0n) is 16.8. The molecule has 2 aromatic heterocycles. The van der Waals surface area contributed by atoms with Crippen molar-refractivity contribution in [2.45, 2.75) is 13.2 Å². The van der Waals surface area contributed by atoms with Crippen LogP contribution in [0, 0.1) is 0 Å². The summed E-state index contributed by atoms with van der Waals surface area (Å²) >= 11 is 0. The molecule has 2 aromatic carbocycles. The molecule has 0 radical (unpaired) electrons. The van der Waals surface area contributed by atoms with Gasteiger partial charge in [-0.3, -0.25) is 14.6 Å². The van der Waals surface area contributed by atoms with Gasteiger partial charge in [0.25, 0.3) is 5.91 Å². The maximum absolute atomic E-state index is 13.4. The Hall–Kier alpha value is -4.26. The third kappa shape index (κ3) is 4.20. The van der Waals surface area contributed by atoms with Crippen LogP contribution < -0.4 is 11.1 Å². The first-order chi connectivity index (χ1) is 15.0. The summed E-state index contributed by atoms with van der Waals surface area (Å²) in [5, 5.41) is 3.36. The second-order valence-corrected chi connectivity index (χ2v) is 6.88. The van der Waals surface area contributed by atoms with Crippen molar-refractivity contribution in [3.63, 3.8) is 0 Å². The number of esters is 1. The highest BCUT2D eigenvalue weighted by atomic mass is 16.6. The van der Waals surface area contributed by atoms with Gasteiger partial charge >= 0.3 is 5.97 Å². The van der Waals surface area contributed by atoms with E-state index in [0.717, 1.165) is 5.56 Å². The van der Waals surface area contributed by atoms with Crippen molar-refractivity contribution in [1.82, 2.24) is 15.3 Å². The van der Waals surface area contributed by atoms with Crippen molar-refractivity contribution in [1.29, 1.82) is 0 Å². The van der Waals surface area contributed by atoms with Gasteiger partial charge < -0.3 is 15.8 Å². The van der Waals surface area contributed by atoms with E-state index in [4.69, 9.17) is 10.5 Å². The Balaban J connectivity index is 1.81. The van der Waals surface area contributed by atoms with Crippen LogP contribution in [-0.2, 0) is 9.53 Å². The molecule has 4 rings (SSSR count). The smallest absolute Gasteiger partial charge is 0.304 e. The number of anilines is 1. The predicted molar refractivity (Wildman–Crippen MR) is 118 cm³/mol. The van der Waals surface area contributed by atoms with E-state index >= 15 is 0 Å². The lowest BCUT2D eigenvalue weighted by atomic mass is 10.0. The van der Waals surface area contributed by atoms with Crippen molar-refractivity contribution in [3.05, 3.63) is 90.3 Å². The van der Waals surface area contributed by atoms with Gasteiger partial charge in [0.15, 0.2) is 0 Å². The minimum absolute atomic E-state index is 0.246. The van der Waals surface area contributed by atoms with Crippen molar-refractivity contribution >= 4 is 28.5 Å². The number of rotatable bonds is 5. The summed E-state index contributed by atoms with van der Waals surface area (Å²) in [4.78, 5) is 33.7. The molecule has 1 amide bonds. The van der Waals surface area contributed by atoms with Gasteiger partial charge in [-0.05, 0) is 12.1 Å². The zero-order valence-corrected chi connectivity index (χ0v) is 16.8. The Labute approximate surface area is 178 Å². The van der Waals surface area contributed by atoms with E-state index < -0.39 is 18.1 Å². The summed E-state index contributed by atoms with van der Waals surface area (Å²) in [5.74, 6) is -1.02. The van der Waals surface area contributed by atoms with Gasteiger partial charge in [0.2, 0.25) is 6.23 Å². The number of nitrogens with one attached hydrogen (secondary N) is 1. The summed E-state index contributed by atoms with van der Waals surface area (Å²) in [6, 6.07) is 20.1. The highest BCUT2D eigenvalue weighted by Crippen LogP contribution is 2.32. The number of nitrogens with two attached hydrogens (primary N) is 1. The monoisotopic (exact) mass is 412 g/mol. The number of amides is 1. The van der Waals surface area contributed by atoms with Crippen LogP contribution in [0.15, 0.2) is 79.1 Å². The number of fused-ring (bicyclic) bond motifs is 1. The Kier molecular flexibility index (Phi) is 5.57. The van der Waals surface area contributed by atoms with Crippen LogP contribution in [0.2, 0.25) is 0 Å². The van der Waals surface area contributed by atoms with Crippen molar-refractivity contribution < 1.29 is 14.3 Å². The molecular weight excluding hydrogens is 392 g/mol. The minimum atomic E-state index is -1.01. The third-order valence-electron chi connectivity index (χ3n) is 4.74. The molecule has 1 atom stereocenters. The summed E-state index contributed by atoms with van der Waals surface area (Å²) < 4.78 is 5.33. The fourth-order valence-electron chi connectivity index (χ4n) is 3.36. The second kappa shape index (κ2) is 8.62. The predicted octanol–water partition coefficient (Wildman–Crippen LogP) is 3.87. The van der Waals surface area contributed by atoms with Crippen LogP contribution in [0.25, 0.3) is 22.2 Å². The lowest BCUT2D eigenvalue weighted by Crippen LogP contribution is -2.32. The Morgan fingerprint density at radius 1 is 1.00 bits per heavy atom. The van der Waals surface area contributed by atoms with Gasteiger partial charge in [-0.25, -0.2) is 4.98 Å². The number of carbonyl (C=O) groups excluding carboxylic acids is 2. The Bertz CT molecular complexity index is 1240. The van der Waals surface area contributed by atoms with Crippen LogP contribution >= 0.6 is 0 Å². The number of nitrogen functional groups attached to an aromatic ring is 1. The molecule has 3 N–H and O–H groups in total. The molecule has 0 fully saturated rings. The highest BCUT2D eigenvalue weighted by Gasteiger charge is 2.24. The van der Waals surface area contributed by atoms with Crippen molar-refractivity contribution in [2.75, 3.05) is 5.73 Å². The van der Waals surface area contributed by atoms with E-state index in [2.05, 4.69) is 15.3 Å². The molecule has 2 heterocycles. The molecule has 31 heavy (non-hydrogen) atoms. The topological polar surface area (TPSA) is 107 Å². The van der Waals surface area contributed by atoms with E-state index in [1.165, 1.54) is 13.1 Å².